The highest BCUT2D eigenvalue weighted by molar-refractivity contribution is 9.10. The molecule has 0 N–H and O–H groups in total. The molecule has 3 nitrogen and oxygen atoms in total. The number of aldehydes is 1. The van der Waals surface area contributed by atoms with Crippen LogP contribution in [0.4, 0.5) is 0 Å². The first kappa shape index (κ1) is 15.3. The Labute approximate surface area is 132 Å². The summed E-state index contributed by atoms with van der Waals surface area (Å²) < 4.78 is 12.0. The lowest BCUT2D eigenvalue weighted by Crippen LogP contribution is -2.06. The van der Waals surface area contributed by atoms with Crippen molar-refractivity contribution in [2.75, 3.05) is 7.11 Å². The van der Waals surface area contributed by atoms with E-state index in [-0.39, 0.29) is 6.10 Å². The molecule has 0 saturated heterocycles. The molecule has 0 aliphatic rings. The fourth-order valence-corrected chi connectivity index (χ4v) is 2.50. The van der Waals surface area contributed by atoms with Crippen LogP contribution in [0.3, 0.4) is 0 Å². The summed E-state index contributed by atoms with van der Waals surface area (Å²) in [5.41, 5.74) is 1.50. The van der Waals surface area contributed by atoms with Gasteiger partial charge in [-0.25, -0.2) is 0 Å². The van der Waals surface area contributed by atoms with E-state index in [0.29, 0.717) is 21.5 Å². The maximum absolute atomic E-state index is 10.9. The summed E-state index contributed by atoms with van der Waals surface area (Å²) in [5.74, 6) is 1.03. The molecule has 0 spiro atoms. The Morgan fingerprint density at radius 2 is 1.95 bits per heavy atom. The molecule has 0 amide bonds. The van der Waals surface area contributed by atoms with E-state index in [1.807, 2.05) is 30.3 Å². The molecule has 0 heterocycles. The summed E-state index contributed by atoms with van der Waals surface area (Å²) in [6.07, 6.45) is 2.17. The lowest BCUT2D eigenvalue weighted by atomic mass is 10.1. The zero-order chi connectivity index (χ0) is 15.2. The maximum Gasteiger partial charge on any atom is 0.176 e. The molecular formula is C17H15BrO3. The van der Waals surface area contributed by atoms with E-state index >= 15 is 0 Å². The van der Waals surface area contributed by atoms with Crippen molar-refractivity contribution in [2.45, 2.75) is 6.10 Å². The van der Waals surface area contributed by atoms with Crippen LogP contribution in [0.25, 0.3) is 0 Å². The van der Waals surface area contributed by atoms with Gasteiger partial charge in [0.1, 0.15) is 12.4 Å². The van der Waals surface area contributed by atoms with Gasteiger partial charge < -0.3 is 9.47 Å². The second kappa shape index (κ2) is 7.09. The van der Waals surface area contributed by atoms with E-state index < -0.39 is 0 Å². The summed E-state index contributed by atoms with van der Waals surface area (Å²) >= 11 is 3.41. The molecule has 108 valence electrons. The Morgan fingerprint density at radius 3 is 2.52 bits per heavy atom. The van der Waals surface area contributed by atoms with Crippen LogP contribution in [0.2, 0.25) is 0 Å². The van der Waals surface area contributed by atoms with Crippen molar-refractivity contribution in [1.29, 1.82) is 0 Å². The quantitative estimate of drug-likeness (QED) is 0.567. The molecule has 21 heavy (non-hydrogen) atoms. The lowest BCUT2D eigenvalue weighted by Gasteiger charge is -2.19. The summed E-state index contributed by atoms with van der Waals surface area (Å²) in [5, 5.41) is 0. The highest BCUT2D eigenvalue weighted by Crippen LogP contribution is 2.39. The highest BCUT2D eigenvalue weighted by atomic mass is 79.9. The number of methoxy groups -OCH3 is 1. The minimum Gasteiger partial charge on any atom is -0.493 e. The molecule has 0 fully saturated rings. The monoisotopic (exact) mass is 346 g/mol. The topological polar surface area (TPSA) is 35.5 Å². The van der Waals surface area contributed by atoms with Gasteiger partial charge in [-0.3, -0.25) is 4.79 Å². The number of hydrogen-bond acceptors (Lipinski definition) is 3. The van der Waals surface area contributed by atoms with Crippen LogP contribution in [0, 0.1) is 0 Å². The molecular weight excluding hydrogens is 332 g/mol. The molecule has 0 aliphatic heterocycles. The lowest BCUT2D eigenvalue weighted by molar-refractivity contribution is 0.112. The Morgan fingerprint density at radius 1 is 1.24 bits per heavy atom. The highest BCUT2D eigenvalue weighted by Gasteiger charge is 2.16. The number of rotatable bonds is 6. The molecule has 0 radical (unpaired) electrons. The molecule has 4 heteroatoms. The minimum atomic E-state index is -0.307. The summed E-state index contributed by atoms with van der Waals surface area (Å²) in [6, 6.07) is 13.1. The summed E-state index contributed by atoms with van der Waals surface area (Å²) in [6.45, 7) is 3.82. The normalized spacial score (nSPS) is 11.5. The molecule has 2 rings (SSSR count). The first-order chi connectivity index (χ1) is 10.2. The van der Waals surface area contributed by atoms with Gasteiger partial charge in [-0.1, -0.05) is 36.9 Å². The maximum atomic E-state index is 10.9. The van der Waals surface area contributed by atoms with Gasteiger partial charge in [0.25, 0.3) is 0 Å². The van der Waals surface area contributed by atoms with Crippen molar-refractivity contribution in [3.63, 3.8) is 0 Å². The van der Waals surface area contributed by atoms with Crippen LogP contribution < -0.4 is 9.47 Å². The van der Waals surface area contributed by atoms with Crippen molar-refractivity contribution in [1.82, 2.24) is 0 Å². The van der Waals surface area contributed by atoms with Gasteiger partial charge >= 0.3 is 0 Å². The van der Waals surface area contributed by atoms with Crippen LogP contribution in [-0.4, -0.2) is 13.4 Å². The van der Waals surface area contributed by atoms with E-state index in [1.54, 1.807) is 18.2 Å². The molecule has 1 atom stereocenters. The smallest absolute Gasteiger partial charge is 0.176 e. The van der Waals surface area contributed by atoms with Crippen LogP contribution in [0.15, 0.2) is 59.6 Å². The fraction of sp³-hybridized carbons (Fsp3) is 0.118. The minimum absolute atomic E-state index is 0.307. The summed E-state index contributed by atoms with van der Waals surface area (Å²) in [4.78, 5) is 10.9. The van der Waals surface area contributed by atoms with Gasteiger partial charge in [0.05, 0.1) is 11.6 Å². The molecule has 0 aromatic heterocycles. The third kappa shape index (κ3) is 3.52. The van der Waals surface area contributed by atoms with Gasteiger partial charge in [0.2, 0.25) is 0 Å². The predicted molar refractivity (Wildman–Crippen MR) is 86.1 cm³/mol. The van der Waals surface area contributed by atoms with Crippen molar-refractivity contribution in [2.24, 2.45) is 0 Å². The average molecular weight is 347 g/mol. The van der Waals surface area contributed by atoms with Crippen LogP contribution in [0.1, 0.15) is 22.0 Å². The molecule has 0 aliphatic carbocycles. The summed E-state index contributed by atoms with van der Waals surface area (Å²) in [7, 11) is 1.54. The van der Waals surface area contributed by atoms with Crippen LogP contribution >= 0.6 is 15.9 Å². The van der Waals surface area contributed by atoms with E-state index in [1.165, 1.54) is 7.11 Å². The Balaban J connectivity index is 2.38. The number of carbonyl (C=O) groups is 1. The molecule has 0 bridgehead atoms. The van der Waals surface area contributed by atoms with Crippen molar-refractivity contribution >= 4 is 22.2 Å². The zero-order valence-corrected chi connectivity index (χ0v) is 13.2. The molecule has 2 aromatic carbocycles. The van der Waals surface area contributed by atoms with Crippen molar-refractivity contribution in [3.8, 4) is 11.5 Å². The second-order valence-corrected chi connectivity index (χ2v) is 5.19. The van der Waals surface area contributed by atoms with Gasteiger partial charge in [0, 0.05) is 5.56 Å². The van der Waals surface area contributed by atoms with Crippen LogP contribution in [0.5, 0.6) is 11.5 Å². The first-order valence-electron chi connectivity index (χ1n) is 6.36. The van der Waals surface area contributed by atoms with Gasteiger partial charge in [-0.2, -0.15) is 0 Å². The number of hydrogen-bond donors (Lipinski definition) is 0. The Kier molecular flexibility index (Phi) is 5.17. The second-order valence-electron chi connectivity index (χ2n) is 4.34. The number of carbonyl (C=O) groups excluding carboxylic acids is 1. The van der Waals surface area contributed by atoms with Crippen LogP contribution in [-0.2, 0) is 0 Å². The molecule has 1 unspecified atom stereocenters. The van der Waals surface area contributed by atoms with Crippen molar-refractivity contribution in [3.05, 3.63) is 70.7 Å². The SMILES string of the molecule is C=CC(Oc1c(Br)cc(C=O)cc1OC)c1ccccc1. The van der Waals surface area contributed by atoms with E-state index in [9.17, 15) is 4.79 Å². The zero-order valence-electron chi connectivity index (χ0n) is 11.6. The van der Waals surface area contributed by atoms with E-state index in [2.05, 4.69) is 22.5 Å². The Hall–Kier alpha value is -2.07. The van der Waals surface area contributed by atoms with Gasteiger partial charge in [-0.15, -0.1) is 0 Å². The number of benzene rings is 2. The predicted octanol–water partition coefficient (Wildman–Crippen LogP) is 4.58. The van der Waals surface area contributed by atoms with Gasteiger partial charge in [0.15, 0.2) is 11.5 Å². The van der Waals surface area contributed by atoms with Gasteiger partial charge in [-0.05, 0) is 39.7 Å². The van der Waals surface area contributed by atoms with E-state index in [4.69, 9.17) is 9.47 Å². The molecule has 0 saturated carbocycles. The number of ether oxygens (including phenoxy) is 2. The fourth-order valence-electron chi connectivity index (χ4n) is 1.94. The first-order valence-corrected chi connectivity index (χ1v) is 7.15. The van der Waals surface area contributed by atoms with E-state index in [0.717, 1.165) is 11.8 Å². The van der Waals surface area contributed by atoms with Crippen molar-refractivity contribution < 1.29 is 14.3 Å². The number of halogens is 1. The standard InChI is InChI=1S/C17H15BrO3/c1-3-15(13-7-5-4-6-8-13)21-17-14(18)9-12(11-19)10-16(17)20-2/h3-11,15H,1H2,2H3. The Bertz CT molecular complexity index is 638. The third-order valence-electron chi connectivity index (χ3n) is 2.97. The largest absolute Gasteiger partial charge is 0.493 e. The average Bonchev–Trinajstić information content (AvgIpc) is 2.53. The third-order valence-corrected chi connectivity index (χ3v) is 3.56. The molecule has 2 aromatic rings.